The maximum atomic E-state index is 13.1. The Balaban J connectivity index is 1.45. The number of rotatable bonds is 7. The van der Waals surface area contributed by atoms with Crippen LogP contribution >= 0.6 is 0 Å². The summed E-state index contributed by atoms with van der Waals surface area (Å²) >= 11 is 0. The van der Waals surface area contributed by atoms with E-state index in [1.165, 1.54) is 11.1 Å². The normalized spacial score (nSPS) is 12.6. The molecule has 1 aromatic carbocycles. The second kappa shape index (κ2) is 8.69. The zero-order valence-electron chi connectivity index (χ0n) is 15.9. The molecule has 6 nitrogen and oxygen atoms in total. The zero-order valence-corrected chi connectivity index (χ0v) is 15.9. The van der Waals surface area contributed by atoms with Gasteiger partial charge in [0.1, 0.15) is 0 Å². The Hall–Kier alpha value is -3.15. The molecule has 1 aliphatic carbocycles. The number of amides is 2. The molecular formula is C22H25N5O. The topological polar surface area (TPSA) is 63.1 Å². The van der Waals surface area contributed by atoms with E-state index in [9.17, 15) is 4.79 Å². The lowest BCUT2D eigenvalue weighted by molar-refractivity contribution is 0.207. The van der Waals surface area contributed by atoms with Crippen LogP contribution < -0.4 is 5.32 Å². The summed E-state index contributed by atoms with van der Waals surface area (Å²) in [5, 5.41) is 3.16. The molecule has 6 heteroatoms. The van der Waals surface area contributed by atoms with Gasteiger partial charge in [0.25, 0.3) is 0 Å². The number of pyridine rings is 1. The molecule has 0 atom stereocenters. The molecule has 0 saturated heterocycles. The molecule has 0 radical (unpaired) electrons. The number of aryl methyl sites for hydroxylation is 2. The van der Waals surface area contributed by atoms with E-state index in [4.69, 9.17) is 0 Å². The van der Waals surface area contributed by atoms with E-state index >= 15 is 0 Å². The highest BCUT2D eigenvalue weighted by atomic mass is 16.2. The summed E-state index contributed by atoms with van der Waals surface area (Å²) in [7, 11) is 0. The lowest BCUT2D eigenvalue weighted by Crippen LogP contribution is -2.36. The number of benzene rings is 1. The van der Waals surface area contributed by atoms with Gasteiger partial charge in [-0.15, -0.1) is 0 Å². The first-order chi connectivity index (χ1) is 13.8. The predicted molar refractivity (Wildman–Crippen MR) is 109 cm³/mol. The molecule has 0 spiro atoms. The van der Waals surface area contributed by atoms with Crippen LogP contribution in [0.1, 0.15) is 29.5 Å². The van der Waals surface area contributed by atoms with Crippen molar-refractivity contribution < 1.29 is 4.79 Å². The third kappa shape index (κ3) is 4.39. The Morgan fingerprint density at radius 3 is 2.82 bits per heavy atom. The summed E-state index contributed by atoms with van der Waals surface area (Å²) in [5.74, 6) is 0. The Bertz CT molecular complexity index is 908. The van der Waals surface area contributed by atoms with Gasteiger partial charge in [-0.25, -0.2) is 9.78 Å². The molecule has 2 amide bonds. The minimum atomic E-state index is -0.0530. The first kappa shape index (κ1) is 18.2. The average Bonchev–Trinajstić information content (AvgIpc) is 3.40. The Morgan fingerprint density at radius 1 is 1.11 bits per heavy atom. The van der Waals surface area contributed by atoms with E-state index in [2.05, 4.69) is 21.4 Å². The standard InChI is InChI=1S/C22H25N5O/c28-22(25-21-7-2-5-19-4-1-6-20(19)21)27(16-18-8-10-23-11-9-18)14-3-13-26-15-12-24-17-26/h2,5,7-12,15,17H,1,3-4,6,13-14,16H2,(H,25,28). The van der Waals surface area contributed by atoms with Crippen molar-refractivity contribution in [2.24, 2.45) is 0 Å². The van der Waals surface area contributed by atoms with Gasteiger partial charge < -0.3 is 14.8 Å². The molecule has 0 bridgehead atoms. The number of imidazole rings is 1. The van der Waals surface area contributed by atoms with Gasteiger partial charge in [-0.3, -0.25) is 4.98 Å². The minimum Gasteiger partial charge on any atom is -0.337 e. The Kier molecular flexibility index (Phi) is 5.66. The number of nitrogens with one attached hydrogen (secondary N) is 1. The Labute approximate surface area is 165 Å². The Morgan fingerprint density at radius 2 is 2.00 bits per heavy atom. The maximum Gasteiger partial charge on any atom is 0.322 e. The van der Waals surface area contributed by atoms with Crippen LogP contribution in [0.15, 0.2) is 61.4 Å². The van der Waals surface area contributed by atoms with E-state index in [1.807, 2.05) is 39.9 Å². The fourth-order valence-electron chi connectivity index (χ4n) is 3.76. The van der Waals surface area contributed by atoms with E-state index in [0.29, 0.717) is 13.1 Å². The SMILES string of the molecule is O=C(Nc1cccc2c1CCC2)N(CCCn1ccnc1)Cc1ccncc1. The van der Waals surface area contributed by atoms with E-state index in [-0.39, 0.29) is 6.03 Å². The summed E-state index contributed by atoms with van der Waals surface area (Å²) in [4.78, 5) is 23.1. The van der Waals surface area contributed by atoms with Crippen molar-refractivity contribution in [2.75, 3.05) is 11.9 Å². The number of hydrogen-bond donors (Lipinski definition) is 1. The number of nitrogens with zero attached hydrogens (tertiary/aromatic N) is 4. The third-order valence-electron chi connectivity index (χ3n) is 5.20. The second-order valence-electron chi connectivity index (χ2n) is 7.16. The van der Waals surface area contributed by atoms with Crippen LogP contribution in [0.4, 0.5) is 10.5 Å². The molecule has 0 aliphatic heterocycles. The van der Waals surface area contributed by atoms with E-state index < -0.39 is 0 Å². The van der Waals surface area contributed by atoms with Crippen LogP contribution in [0.3, 0.4) is 0 Å². The van der Waals surface area contributed by atoms with Crippen molar-refractivity contribution in [2.45, 2.75) is 38.8 Å². The van der Waals surface area contributed by atoms with Crippen molar-refractivity contribution in [1.82, 2.24) is 19.4 Å². The van der Waals surface area contributed by atoms with Crippen LogP contribution in [-0.4, -0.2) is 32.0 Å². The quantitative estimate of drug-likeness (QED) is 0.681. The largest absolute Gasteiger partial charge is 0.337 e. The minimum absolute atomic E-state index is 0.0530. The van der Waals surface area contributed by atoms with Gasteiger partial charge in [-0.05, 0) is 60.6 Å². The number of urea groups is 1. The number of carbonyl (C=O) groups is 1. The first-order valence-corrected chi connectivity index (χ1v) is 9.81. The number of hydrogen-bond acceptors (Lipinski definition) is 3. The molecule has 2 aromatic heterocycles. The van der Waals surface area contributed by atoms with Crippen LogP contribution in [0, 0.1) is 0 Å². The monoisotopic (exact) mass is 375 g/mol. The van der Waals surface area contributed by atoms with Crippen molar-refractivity contribution in [3.8, 4) is 0 Å². The summed E-state index contributed by atoms with van der Waals surface area (Å²) in [6.07, 6.45) is 13.2. The molecular weight excluding hydrogens is 350 g/mol. The predicted octanol–water partition coefficient (Wildman–Crippen LogP) is 3.89. The van der Waals surface area contributed by atoms with Crippen molar-refractivity contribution in [1.29, 1.82) is 0 Å². The van der Waals surface area contributed by atoms with Gasteiger partial charge >= 0.3 is 6.03 Å². The zero-order chi connectivity index (χ0) is 19.2. The molecule has 1 N–H and O–H groups in total. The van der Waals surface area contributed by atoms with Gasteiger partial charge in [0, 0.05) is 50.1 Å². The summed E-state index contributed by atoms with van der Waals surface area (Å²) in [6, 6.07) is 10.1. The number of aromatic nitrogens is 3. The van der Waals surface area contributed by atoms with Crippen LogP contribution in [-0.2, 0) is 25.9 Å². The van der Waals surface area contributed by atoms with Crippen molar-refractivity contribution in [3.05, 3.63) is 78.1 Å². The first-order valence-electron chi connectivity index (χ1n) is 9.81. The molecule has 1 aliphatic rings. The van der Waals surface area contributed by atoms with Crippen LogP contribution in [0.25, 0.3) is 0 Å². The number of fused-ring (bicyclic) bond motifs is 1. The molecule has 4 rings (SSSR count). The highest BCUT2D eigenvalue weighted by Crippen LogP contribution is 2.29. The fraction of sp³-hybridized carbons (Fsp3) is 0.318. The maximum absolute atomic E-state index is 13.1. The fourth-order valence-corrected chi connectivity index (χ4v) is 3.76. The smallest absolute Gasteiger partial charge is 0.322 e. The molecule has 0 fully saturated rings. The second-order valence-corrected chi connectivity index (χ2v) is 7.16. The molecule has 0 unspecified atom stereocenters. The van der Waals surface area contributed by atoms with Crippen molar-refractivity contribution >= 4 is 11.7 Å². The van der Waals surface area contributed by atoms with Gasteiger partial charge in [0.15, 0.2) is 0 Å². The molecule has 2 heterocycles. The highest BCUT2D eigenvalue weighted by molar-refractivity contribution is 5.90. The number of carbonyl (C=O) groups excluding carboxylic acids is 1. The molecule has 28 heavy (non-hydrogen) atoms. The van der Waals surface area contributed by atoms with E-state index in [1.54, 1.807) is 24.9 Å². The highest BCUT2D eigenvalue weighted by Gasteiger charge is 2.19. The molecule has 0 saturated carbocycles. The molecule has 144 valence electrons. The number of anilines is 1. The van der Waals surface area contributed by atoms with E-state index in [0.717, 1.165) is 43.5 Å². The summed E-state index contributed by atoms with van der Waals surface area (Å²) < 4.78 is 2.03. The van der Waals surface area contributed by atoms with Crippen LogP contribution in [0.5, 0.6) is 0 Å². The van der Waals surface area contributed by atoms with Gasteiger partial charge in [-0.1, -0.05) is 12.1 Å². The summed E-state index contributed by atoms with van der Waals surface area (Å²) in [6.45, 7) is 2.07. The lowest BCUT2D eigenvalue weighted by Gasteiger charge is -2.24. The lowest BCUT2D eigenvalue weighted by atomic mass is 10.1. The third-order valence-corrected chi connectivity index (χ3v) is 5.20. The van der Waals surface area contributed by atoms with Gasteiger partial charge in [0.2, 0.25) is 0 Å². The molecule has 3 aromatic rings. The van der Waals surface area contributed by atoms with Gasteiger partial charge in [-0.2, -0.15) is 0 Å². The van der Waals surface area contributed by atoms with Crippen LogP contribution in [0.2, 0.25) is 0 Å². The van der Waals surface area contributed by atoms with Crippen molar-refractivity contribution in [3.63, 3.8) is 0 Å². The average molecular weight is 375 g/mol. The van der Waals surface area contributed by atoms with Gasteiger partial charge in [0.05, 0.1) is 6.33 Å². The summed E-state index contributed by atoms with van der Waals surface area (Å²) in [5.41, 5.74) is 4.68.